The Hall–Kier alpha value is -0.810. The highest BCUT2D eigenvalue weighted by Crippen LogP contribution is 2.11. The molecular formula is C15H22BrIN4. The highest BCUT2D eigenvalue weighted by atomic mass is 127. The van der Waals surface area contributed by atoms with Crippen LogP contribution in [0.1, 0.15) is 24.8 Å². The number of benzene rings is 1. The maximum absolute atomic E-state index is 8.49. The smallest absolute Gasteiger partial charge is 0.193 e. The van der Waals surface area contributed by atoms with E-state index in [1.54, 1.807) is 7.05 Å². The summed E-state index contributed by atoms with van der Waals surface area (Å²) in [5, 5.41) is 11.8. The van der Waals surface area contributed by atoms with Crippen molar-refractivity contribution in [2.75, 3.05) is 20.6 Å². The number of nitrogens with zero attached hydrogens (tertiary/aromatic N) is 3. The van der Waals surface area contributed by atoms with E-state index in [1.165, 1.54) is 5.56 Å². The van der Waals surface area contributed by atoms with E-state index < -0.39 is 0 Å². The predicted molar refractivity (Wildman–Crippen MR) is 102 cm³/mol. The van der Waals surface area contributed by atoms with Crippen molar-refractivity contribution >= 4 is 45.9 Å². The lowest BCUT2D eigenvalue weighted by Gasteiger charge is -2.22. The van der Waals surface area contributed by atoms with Gasteiger partial charge >= 0.3 is 0 Å². The molecule has 0 unspecified atom stereocenters. The van der Waals surface area contributed by atoms with Gasteiger partial charge in [-0.3, -0.25) is 4.99 Å². The molecule has 0 aliphatic heterocycles. The van der Waals surface area contributed by atoms with Crippen LogP contribution in [0.4, 0.5) is 0 Å². The number of halogens is 2. The van der Waals surface area contributed by atoms with E-state index in [0.29, 0.717) is 6.42 Å². The van der Waals surface area contributed by atoms with E-state index in [1.807, 2.05) is 19.2 Å². The van der Waals surface area contributed by atoms with Crippen molar-refractivity contribution in [2.24, 2.45) is 4.99 Å². The first-order valence-electron chi connectivity index (χ1n) is 6.70. The molecule has 4 nitrogen and oxygen atoms in total. The van der Waals surface area contributed by atoms with Crippen molar-refractivity contribution in [3.8, 4) is 6.07 Å². The molecule has 116 valence electrons. The fourth-order valence-corrected chi connectivity index (χ4v) is 2.12. The number of nitriles is 1. The SMILES string of the molecule is CN=C(NCCCCC#N)N(C)Cc1ccc(Br)cc1.I. The molecule has 0 heterocycles. The first kappa shape index (κ1) is 20.2. The number of unbranched alkanes of at least 4 members (excludes halogenated alkanes) is 2. The third-order valence-corrected chi connectivity index (χ3v) is 3.43. The van der Waals surface area contributed by atoms with E-state index in [0.717, 1.165) is 36.4 Å². The molecule has 1 N–H and O–H groups in total. The first-order chi connectivity index (χ1) is 9.67. The van der Waals surface area contributed by atoms with Gasteiger partial charge in [0.05, 0.1) is 6.07 Å². The van der Waals surface area contributed by atoms with Gasteiger partial charge in [-0.15, -0.1) is 24.0 Å². The molecule has 0 aliphatic carbocycles. The summed E-state index contributed by atoms with van der Waals surface area (Å²) in [6.07, 6.45) is 2.53. The molecule has 1 aromatic rings. The van der Waals surface area contributed by atoms with Crippen molar-refractivity contribution in [1.29, 1.82) is 5.26 Å². The molecule has 21 heavy (non-hydrogen) atoms. The van der Waals surface area contributed by atoms with Crippen molar-refractivity contribution in [3.05, 3.63) is 34.3 Å². The topological polar surface area (TPSA) is 51.4 Å². The summed E-state index contributed by atoms with van der Waals surface area (Å²) in [7, 11) is 3.81. The molecule has 0 aromatic heterocycles. The van der Waals surface area contributed by atoms with Gasteiger partial charge in [0.15, 0.2) is 5.96 Å². The van der Waals surface area contributed by atoms with Crippen LogP contribution in [0.2, 0.25) is 0 Å². The van der Waals surface area contributed by atoms with Gasteiger partial charge in [0.1, 0.15) is 0 Å². The molecule has 1 rings (SSSR count). The Balaban J connectivity index is 0.00000400. The summed E-state index contributed by atoms with van der Waals surface area (Å²) < 4.78 is 1.09. The average molecular weight is 465 g/mol. The largest absolute Gasteiger partial charge is 0.356 e. The molecular weight excluding hydrogens is 443 g/mol. The summed E-state index contributed by atoms with van der Waals surface area (Å²) in [5.74, 6) is 0.880. The van der Waals surface area contributed by atoms with E-state index in [9.17, 15) is 0 Å². The first-order valence-corrected chi connectivity index (χ1v) is 7.50. The predicted octanol–water partition coefficient (Wildman–Crippen LogP) is 3.77. The maximum Gasteiger partial charge on any atom is 0.193 e. The van der Waals surface area contributed by atoms with Crippen molar-refractivity contribution in [2.45, 2.75) is 25.8 Å². The summed E-state index contributed by atoms with van der Waals surface area (Å²) in [5.41, 5.74) is 1.24. The molecule has 0 spiro atoms. The molecule has 0 bridgehead atoms. The number of hydrogen-bond acceptors (Lipinski definition) is 2. The van der Waals surface area contributed by atoms with Crippen LogP contribution in [0, 0.1) is 11.3 Å². The third-order valence-electron chi connectivity index (χ3n) is 2.90. The van der Waals surface area contributed by atoms with Crippen LogP contribution in [0.15, 0.2) is 33.7 Å². The molecule has 0 saturated carbocycles. The van der Waals surface area contributed by atoms with Gasteiger partial charge < -0.3 is 10.2 Å². The zero-order valence-corrected chi connectivity index (χ0v) is 16.4. The highest BCUT2D eigenvalue weighted by Gasteiger charge is 2.05. The van der Waals surface area contributed by atoms with Crippen LogP contribution in [-0.2, 0) is 6.54 Å². The number of aliphatic imine (C=N–C) groups is 1. The molecule has 0 amide bonds. The van der Waals surface area contributed by atoms with Crippen molar-refractivity contribution in [3.63, 3.8) is 0 Å². The molecule has 0 atom stereocenters. The van der Waals surface area contributed by atoms with E-state index in [2.05, 4.69) is 49.3 Å². The van der Waals surface area contributed by atoms with Crippen LogP contribution < -0.4 is 5.32 Å². The second-order valence-electron chi connectivity index (χ2n) is 4.57. The summed E-state index contributed by atoms with van der Waals surface area (Å²) in [4.78, 5) is 6.37. The van der Waals surface area contributed by atoms with Crippen molar-refractivity contribution < 1.29 is 0 Å². The van der Waals surface area contributed by atoms with E-state index >= 15 is 0 Å². The minimum Gasteiger partial charge on any atom is -0.356 e. The lowest BCUT2D eigenvalue weighted by atomic mass is 10.2. The fourth-order valence-electron chi connectivity index (χ4n) is 1.85. The Morgan fingerprint density at radius 1 is 1.33 bits per heavy atom. The van der Waals surface area contributed by atoms with E-state index in [4.69, 9.17) is 5.26 Å². The number of nitrogens with one attached hydrogen (secondary N) is 1. The molecule has 0 radical (unpaired) electrons. The van der Waals surface area contributed by atoms with Crippen LogP contribution in [0.5, 0.6) is 0 Å². The zero-order valence-electron chi connectivity index (χ0n) is 12.5. The Morgan fingerprint density at radius 2 is 2.00 bits per heavy atom. The normalized spacial score (nSPS) is 10.5. The van der Waals surface area contributed by atoms with Gasteiger partial charge in [-0.05, 0) is 30.5 Å². The van der Waals surface area contributed by atoms with Gasteiger partial charge in [0.2, 0.25) is 0 Å². The molecule has 0 fully saturated rings. The quantitative estimate of drug-likeness (QED) is 0.301. The zero-order chi connectivity index (χ0) is 14.8. The summed E-state index contributed by atoms with van der Waals surface area (Å²) >= 11 is 3.44. The van der Waals surface area contributed by atoms with Crippen LogP contribution in [0.3, 0.4) is 0 Å². The minimum absolute atomic E-state index is 0. The number of rotatable bonds is 6. The number of hydrogen-bond donors (Lipinski definition) is 1. The standard InChI is InChI=1S/C15H21BrN4.HI/c1-18-15(19-11-5-3-4-10-17)20(2)12-13-6-8-14(16)9-7-13;/h6-9H,3-5,11-12H2,1-2H3,(H,18,19);1H. The fraction of sp³-hybridized carbons (Fsp3) is 0.467. The summed E-state index contributed by atoms with van der Waals surface area (Å²) in [6, 6.07) is 10.4. The molecule has 0 saturated heterocycles. The summed E-state index contributed by atoms with van der Waals surface area (Å²) in [6.45, 7) is 1.66. The monoisotopic (exact) mass is 464 g/mol. The Kier molecular flexibility index (Phi) is 11.4. The van der Waals surface area contributed by atoms with Gasteiger partial charge in [0, 0.05) is 38.1 Å². The van der Waals surface area contributed by atoms with Crippen molar-refractivity contribution in [1.82, 2.24) is 10.2 Å². The molecule has 6 heteroatoms. The minimum atomic E-state index is 0. The third kappa shape index (κ3) is 8.27. The maximum atomic E-state index is 8.49. The van der Waals surface area contributed by atoms with Gasteiger partial charge in [0.25, 0.3) is 0 Å². The Bertz CT molecular complexity index is 468. The van der Waals surface area contributed by atoms with Gasteiger partial charge in [-0.1, -0.05) is 28.1 Å². The highest BCUT2D eigenvalue weighted by molar-refractivity contribution is 14.0. The van der Waals surface area contributed by atoms with E-state index in [-0.39, 0.29) is 24.0 Å². The number of guanidine groups is 1. The molecule has 0 aliphatic rings. The average Bonchev–Trinajstić information content (AvgIpc) is 2.45. The van der Waals surface area contributed by atoms with Gasteiger partial charge in [-0.25, -0.2) is 0 Å². The van der Waals surface area contributed by atoms with Gasteiger partial charge in [-0.2, -0.15) is 5.26 Å². The second-order valence-corrected chi connectivity index (χ2v) is 5.49. The molecule has 1 aromatic carbocycles. The lowest BCUT2D eigenvalue weighted by Crippen LogP contribution is -2.38. The van der Waals surface area contributed by atoms with Crippen LogP contribution in [-0.4, -0.2) is 31.5 Å². The Labute approximate surface area is 152 Å². The lowest BCUT2D eigenvalue weighted by molar-refractivity contribution is 0.475. The Morgan fingerprint density at radius 3 is 2.57 bits per heavy atom. The second kappa shape index (κ2) is 11.8. The van der Waals surface area contributed by atoms with Crippen LogP contribution >= 0.6 is 39.9 Å². The van der Waals surface area contributed by atoms with Crippen LogP contribution in [0.25, 0.3) is 0 Å².